The highest BCUT2D eigenvalue weighted by Gasteiger charge is 2.18. The van der Waals surface area contributed by atoms with Gasteiger partial charge in [-0.15, -0.1) is 0 Å². The molecule has 0 aliphatic carbocycles. The topological polar surface area (TPSA) is 144 Å². The zero-order chi connectivity index (χ0) is 28.3. The van der Waals surface area contributed by atoms with Gasteiger partial charge in [0.1, 0.15) is 17.5 Å². The summed E-state index contributed by atoms with van der Waals surface area (Å²) >= 11 is 0. The van der Waals surface area contributed by atoms with Crippen molar-refractivity contribution in [1.82, 2.24) is 20.5 Å². The van der Waals surface area contributed by atoms with Crippen LogP contribution in [0.3, 0.4) is 0 Å². The monoisotopic (exact) mass is 540 g/mol. The second-order valence-corrected chi connectivity index (χ2v) is 10.1. The molecule has 1 aromatic heterocycles. The van der Waals surface area contributed by atoms with Crippen molar-refractivity contribution in [2.75, 3.05) is 44.2 Å². The highest BCUT2D eigenvalue weighted by Crippen LogP contribution is 2.22. The molecular formula is C30H40N10. The molecule has 4 rings (SSSR count). The van der Waals surface area contributed by atoms with Gasteiger partial charge in [-0.2, -0.15) is 0 Å². The minimum absolute atomic E-state index is 0.195. The molecule has 1 fully saturated rings. The van der Waals surface area contributed by atoms with Crippen LogP contribution in [0, 0.1) is 11.3 Å². The molecule has 4 heterocycles. The van der Waals surface area contributed by atoms with E-state index in [2.05, 4.69) is 41.5 Å². The summed E-state index contributed by atoms with van der Waals surface area (Å²) < 4.78 is 0. The third-order valence-corrected chi connectivity index (χ3v) is 6.89. The van der Waals surface area contributed by atoms with Crippen molar-refractivity contribution in [3.63, 3.8) is 0 Å². The number of allylic oxidation sites excluding steroid dienone is 6. The lowest BCUT2D eigenvalue weighted by Gasteiger charge is -2.35. The van der Waals surface area contributed by atoms with Crippen LogP contribution in [0.2, 0.25) is 0 Å². The molecule has 0 atom stereocenters. The van der Waals surface area contributed by atoms with Crippen LogP contribution in [0.4, 0.5) is 5.82 Å². The minimum Gasteiger partial charge on any atom is -0.404 e. The van der Waals surface area contributed by atoms with E-state index in [-0.39, 0.29) is 5.92 Å². The molecule has 10 heteroatoms. The van der Waals surface area contributed by atoms with Gasteiger partial charge in [-0.25, -0.2) is 9.98 Å². The number of aromatic nitrogens is 1. The van der Waals surface area contributed by atoms with Crippen LogP contribution < -0.4 is 27.0 Å². The van der Waals surface area contributed by atoms with E-state index in [1.54, 1.807) is 12.3 Å². The number of anilines is 1. The second kappa shape index (κ2) is 14.1. The number of hydrogen-bond acceptors (Lipinski definition) is 9. The van der Waals surface area contributed by atoms with Crippen molar-refractivity contribution in [2.45, 2.75) is 20.3 Å². The predicted octanol–water partition coefficient (Wildman–Crippen LogP) is 2.80. The van der Waals surface area contributed by atoms with Crippen molar-refractivity contribution in [2.24, 2.45) is 27.4 Å². The Morgan fingerprint density at radius 2 is 2.00 bits per heavy atom. The second-order valence-electron chi connectivity index (χ2n) is 10.1. The molecule has 210 valence electrons. The maximum absolute atomic E-state index is 7.56. The number of nitrogens with two attached hydrogens (primary N) is 2. The van der Waals surface area contributed by atoms with E-state index in [0.717, 1.165) is 79.6 Å². The standard InChI is InChI=1S/C30H40N10/c1-22(2)23(18-31)17-28(33)38-29-8-7-26-27(37-29)16-24(21-36-26)25(19-32)20-34-9-5-11-39-12-14-40(15-13-39)30-6-3-4-10-35-30/h3-4,6-8,10,16-22,31,36-37H,5,9,11-15,32H2,1-2H3,(H2,33,38). The van der Waals surface area contributed by atoms with Crippen LogP contribution >= 0.6 is 0 Å². The third kappa shape index (κ3) is 7.79. The fraction of sp³-hybridized carbons (Fsp3) is 0.333. The van der Waals surface area contributed by atoms with Crippen LogP contribution in [0.5, 0.6) is 0 Å². The first-order valence-electron chi connectivity index (χ1n) is 13.7. The van der Waals surface area contributed by atoms with Gasteiger partial charge in [0, 0.05) is 81.4 Å². The summed E-state index contributed by atoms with van der Waals surface area (Å²) in [4.78, 5) is 18.4. The Labute approximate surface area is 236 Å². The maximum atomic E-state index is 7.56. The lowest BCUT2D eigenvalue weighted by Crippen LogP contribution is -2.47. The molecular weight excluding hydrogens is 500 g/mol. The van der Waals surface area contributed by atoms with Crippen molar-refractivity contribution < 1.29 is 0 Å². The largest absolute Gasteiger partial charge is 0.404 e. The van der Waals surface area contributed by atoms with Crippen LogP contribution in [0.1, 0.15) is 20.3 Å². The molecule has 1 saturated heterocycles. The molecule has 0 spiro atoms. The smallest absolute Gasteiger partial charge is 0.132 e. The number of piperazine rings is 1. The molecule has 0 unspecified atom stereocenters. The first kappa shape index (κ1) is 28.6. The highest BCUT2D eigenvalue weighted by atomic mass is 15.3. The van der Waals surface area contributed by atoms with Crippen LogP contribution in [0.25, 0.3) is 0 Å². The summed E-state index contributed by atoms with van der Waals surface area (Å²) in [6.45, 7) is 9.85. The summed E-state index contributed by atoms with van der Waals surface area (Å²) in [6.07, 6.45) is 17.0. The van der Waals surface area contributed by atoms with Gasteiger partial charge in [-0.3, -0.25) is 9.89 Å². The summed E-state index contributed by atoms with van der Waals surface area (Å²) in [5.74, 6) is 2.21. The maximum Gasteiger partial charge on any atom is 0.132 e. The molecule has 1 aromatic rings. The summed E-state index contributed by atoms with van der Waals surface area (Å²) in [7, 11) is 0. The Bertz CT molecular complexity index is 1290. The quantitative estimate of drug-likeness (QED) is 0.165. The Hall–Kier alpha value is -4.44. The summed E-state index contributed by atoms with van der Waals surface area (Å²) in [5, 5.41) is 14.2. The van der Waals surface area contributed by atoms with Crippen molar-refractivity contribution in [3.8, 4) is 0 Å². The number of dihydropyridines is 2. The molecule has 40 heavy (non-hydrogen) atoms. The molecule has 0 bridgehead atoms. The van der Waals surface area contributed by atoms with E-state index in [1.807, 2.05) is 62.8 Å². The average molecular weight is 541 g/mol. The normalized spacial score (nSPS) is 18.9. The lowest BCUT2D eigenvalue weighted by atomic mass is 10.0. The van der Waals surface area contributed by atoms with Crippen molar-refractivity contribution >= 4 is 24.1 Å². The van der Waals surface area contributed by atoms with Gasteiger partial charge in [0.25, 0.3) is 0 Å². The van der Waals surface area contributed by atoms with Gasteiger partial charge >= 0.3 is 0 Å². The molecule has 0 aromatic carbocycles. The Morgan fingerprint density at radius 1 is 1.18 bits per heavy atom. The summed E-state index contributed by atoms with van der Waals surface area (Å²) in [5.41, 5.74) is 16.4. The molecule has 0 saturated carbocycles. The van der Waals surface area contributed by atoms with Crippen molar-refractivity contribution in [3.05, 3.63) is 95.0 Å². The Balaban J connectivity index is 1.26. The fourth-order valence-corrected chi connectivity index (χ4v) is 4.54. The average Bonchev–Trinajstić information content (AvgIpc) is 2.98. The number of pyridine rings is 1. The first-order chi connectivity index (χ1) is 19.5. The third-order valence-electron chi connectivity index (χ3n) is 6.89. The predicted molar refractivity (Wildman–Crippen MR) is 165 cm³/mol. The van der Waals surface area contributed by atoms with E-state index in [0.29, 0.717) is 11.7 Å². The minimum atomic E-state index is 0.195. The zero-order valence-corrected chi connectivity index (χ0v) is 23.3. The Morgan fingerprint density at radius 3 is 2.70 bits per heavy atom. The van der Waals surface area contributed by atoms with Gasteiger partial charge in [0.2, 0.25) is 0 Å². The van der Waals surface area contributed by atoms with E-state index in [4.69, 9.17) is 16.9 Å². The van der Waals surface area contributed by atoms with E-state index in [1.165, 1.54) is 6.21 Å². The molecule has 3 aliphatic rings. The van der Waals surface area contributed by atoms with Crippen molar-refractivity contribution in [1.29, 1.82) is 5.41 Å². The number of aliphatic imine (C=N–C) groups is 2. The number of hydrogen-bond donors (Lipinski definition) is 5. The SMILES string of the molecule is CC(C)C(C=N)=CC(N)=NC1=CC=C2NC=C(C(C=NCCCN3CCN(c4ccccn4)CC3)=CN)C=C2N1. The molecule has 7 N–H and O–H groups in total. The van der Waals surface area contributed by atoms with Gasteiger partial charge in [-0.1, -0.05) is 19.9 Å². The van der Waals surface area contributed by atoms with Crippen LogP contribution in [-0.2, 0) is 0 Å². The Kier molecular flexibility index (Phi) is 10.1. The van der Waals surface area contributed by atoms with Gasteiger partial charge < -0.3 is 32.4 Å². The van der Waals surface area contributed by atoms with Crippen LogP contribution in [0.15, 0.2) is 105 Å². The number of fused-ring (bicyclic) bond motifs is 1. The zero-order valence-electron chi connectivity index (χ0n) is 23.3. The number of amidine groups is 1. The molecule has 0 radical (unpaired) electrons. The van der Waals surface area contributed by atoms with Gasteiger partial charge in [-0.05, 0) is 54.3 Å². The van der Waals surface area contributed by atoms with E-state index < -0.39 is 0 Å². The number of rotatable bonds is 11. The van der Waals surface area contributed by atoms with E-state index in [9.17, 15) is 0 Å². The fourth-order valence-electron chi connectivity index (χ4n) is 4.54. The lowest BCUT2D eigenvalue weighted by molar-refractivity contribution is 0.256. The first-order valence-corrected chi connectivity index (χ1v) is 13.7. The van der Waals surface area contributed by atoms with Gasteiger partial charge in [0.15, 0.2) is 0 Å². The number of nitrogens with one attached hydrogen (secondary N) is 3. The molecule has 0 amide bonds. The number of nitrogens with zero attached hydrogens (tertiary/aromatic N) is 5. The van der Waals surface area contributed by atoms with Gasteiger partial charge in [0.05, 0.1) is 11.4 Å². The molecule has 3 aliphatic heterocycles. The van der Waals surface area contributed by atoms with E-state index >= 15 is 0 Å². The summed E-state index contributed by atoms with van der Waals surface area (Å²) in [6, 6.07) is 6.06. The van der Waals surface area contributed by atoms with Crippen LogP contribution in [-0.4, -0.2) is 67.4 Å². The highest BCUT2D eigenvalue weighted by molar-refractivity contribution is 5.97. The molecule has 10 nitrogen and oxygen atoms in total.